The minimum Gasteiger partial charge on any atom is -0.480 e. The highest BCUT2D eigenvalue weighted by atomic mass is 16.4. The summed E-state index contributed by atoms with van der Waals surface area (Å²) in [6, 6.07) is 20.7. The number of carboxylic acid groups (broad SMARTS) is 1. The van der Waals surface area contributed by atoms with E-state index < -0.39 is 17.9 Å². The van der Waals surface area contributed by atoms with Crippen molar-refractivity contribution < 1.29 is 14.7 Å². The first-order chi connectivity index (χ1) is 16.3. The lowest BCUT2D eigenvalue weighted by Gasteiger charge is -2.11. The highest BCUT2D eigenvalue weighted by molar-refractivity contribution is 6.02. The molecule has 4 aromatic rings. The third kappa shape index (κ3) is 4.78. The van der Waals surface area contributed by atoms with Gasteiger partial charge in [-0.05, 0) is 36.1 Å². The molecule has 0 bridgehead atoms. The number of nitrogens with zero attached hydrogens (tertiary/aromatic N) is 2. The van der Waals surface area contributed by atoms with Gasteiger partial charge < -0.3 is 15.7 Å². The number of carboxylic acids is 1. The summed E-state index contributed by atoms with van der Waals surface area (Å²) in [5.41, 5.74) is 4.75. The predicted octanol–water partition coefficient (Wildman–Crippen LogP) is 4.94. The monoisotopic (exact) mass is 456 g/mol. The van der Waals surface area contributed by atoms with Gasteiger partial charge in [0, 0.05) is 18.3 Å². The van der Waals surface area contributed by atoms with Gasteiger partial charge in [0.1, 0.15) is 17.6 Å². The Kier molecular flexibility index (Phi) is 6.63. The van der Waals surface area contributed by atoms with Crippen molar-refractivity contribution in [1.29, 1.82) is 0 Å². The van der Waals surface area contributed by atoms with Crippen molar-refractivity contribution in [2.75, 3.05) is 5.32 Å². The second-order valence-electron chi connectivity index (χ2n) is 8.57. The molecule has 0 aliphatic heterocycles. The maximum Gasteiger partial charge on any atom is 0.325 e. The molecule has 3 N–H and O–H groups in total. The van der Waals surface area contributed by atoms with Crippen molar-refractivity contribution in [2.45, 2.75) is 39.3 Å². The van der Waals surface area contributed by atoms with Crippen LogP contribution in [0.1, 0.15) is 48.2 Å². The second-order valence-corrected chi connectivity index (χ2v) is 8.57. The predicted molar refractivity (Wildman–Crippen MR) is 133 cm³/mol. The number of aromatic nitrogens is 2. The number of anilines is 1. The molecule has 174 valence electrons. The number of imidazole rings is 1. The van der Waals surface area contributed by atoms with Gasteiger partial charge in [-0.15, -0.1) is 0 Å². The standard InChI is InChI=1S/C27H28N4O3/c1-17(2)20-11-13-21(14-12-20)23-25(28-16-19-8-5-4-6-9-19)31-15-7-10-22(24(31)30-23)26(32)29-18(3)27(33)34/h4-15,17-18,28H,16H2,1-3H3,(H,29,32)(H,33,34). The number of nitrogens with one attached hydrogen (secondary N) is 2. The van der Waals surface area contributed by atoms with Crippen LogP contribution < -0.4 is 10.6 Å². The van der Waals surface area contributed by atoms with E-state index in [1.54, 1.807) is 12.1 Å². The van der Waals surface area contributed by atoms with E-state index in [4.69, 9.17) is 4.98 Å². The third-order valence-corrected chi connectivity index (χ3v) is 5.77. The molecule has 0 fully saturated rings. The molecule has 1 unspecified atom stereocenters. The van der Waals surface area contributed by atoms with Crippen molar-refractivity contribution in [3.8, 4) is 11.3 Å². The zero-order valence-electron chi connectivity index (χ0n) is 19.4. The summed E-state index contributed by atoms with van der Waals surface area (Å²) >= 11 is 0. The Labute approximate surface area is 198 Å². The van der Waals surface area contributed by atoms with E-state index in [1.165, 1.54) is 12.5 Å². The summed E-state index contributed by atoms with van der Waals surface area (Å²) < 4.78 is 1.84. The van der Waals surface area contributed by atoms with Gasteiger partial charge in [0.15, 0.2) is 5.65 Å². The van der Waals surface area contributed by atoms with Crippen LogP contribution in [0.3, 0.4) is 0 Å². The molecular weight excluding hydrogens is 428 g/mol. The Morgan fingerprint density at radius 1 is 0.971 bits per heavy atom. The molecule has 0 saturated heterocycles. The number of fused-ring (bicyclic) bond motifs is 1. The van der Waals surface area contributed by atoms with E-state index in [0.717, 1.165) is 22.6 Å². The lowest BCUT2D eigenvalue weighted by molar-refractivity contribution is -0.138. The van der Waals surface area contributed by atoms with Crippen LogP contribution in [0.25, 0.3) is 16.9 Å². The average molecular weight is 457 g/mol. The first-order valence-corrected chi connectivity index (χ1v) is 11.3. The van der Waals surface area contributed by atoms with E-state index in [2.05, 4.69) is 36.6 Å². The molecular formula is C27H28N4O3. The van der Waals surface area contributed by atoms with Crippen molar-refractivity contribution in [3.63, 3.8) is 0 Å². The fourth-order valence-corrected chi connectivity index (χ4v) is 3.76. The van der Waals surface area contributed by atoms with Gasteiger partial charge in [-0.3, -0.25) is 14.0 Å². The lowest BCUT2D eigenvalue weighted by Crippen LogP contribution is -2.38. The summed E-state index contributed by atoms with van der Waals surface area (Å²) in [5.74, 6) is -0.406. The van der Waals surface area contributed by atoms with E-state index in [0.29, 0.717) is 23.7 Å². The molecule has 7 nitrogen and oxygen atoms in total. The molecule has 0 spiro atoms. The molecule has 2 aromatic carbocycles. The van der Waals surface area contributed by atoms with Crippen molar-refractivity contribution in [1.82, 2.24) is 14.7 Å². The summed E-state index contributed by atoms with van der Waals surface area (Å²) in [7, 11) is 0. The molecule has 2 aromatic heterocycles. The smallest absolute Gasteiger partial charge is 0.325 e. The van der Waals surface area contributed by atoms with Crippen LogP contribution in [-0.4, -0.2) is 32.4 Å². The number of pyridine rings is 1. The minimum absolute atomic E-state index is 0.309. The molecule has 0 aliphatic rings. The second kappa shape index (κ2) is 9.79. The van der Waals surface area contributed by atoms with Gasteiger partial charge in [-0.2, -0.15) is 0 Å². The van der Waals surface area contributed by atoms with Gasteiger partial charge in [0.05, 0.1) is 5.56 Å². The Balaban J connectivity index is 1.79. The summed E-state index contributed by atoms with van der Waals surface area (Å²) in [4.78, 5) is 28.9. The highest BCUT2D eigenvalue weighted by Gasteiger charge is 2.22. The maximum atomic E-state index is 12.9. The quantitative estimate of drug-likeness (QED) is 0.349. The molecule has 1 atom stereocenters. The highest BCUT2D eigenvalue weighted by Crippen LogP contribution is 2.31. The molecule has 2 heterocycles. The summed E-state index contributed by atoms with van der Waals surface area (Å²) in [6.45, 7) is 6.31. The van der Waals surface area contributed by atoms with Crippen LogP contribution in [0.5, 0.6) is 0 Å². The van der Waals surface area contributed by atoms with Crippen LogP contribution in [-0.2, 0) is 11.3 Å². The molecule has 1 amide bonds. The van der Waals surface area contributed by atoms with Crippen molar-refractivity contribution in [3.05, 3.63) is 89.6 Å². The maximum absolute atomic E-state index is 12.9. The average Bonchev–Trinajstić information content (AvgIpc) is 3.21. The molecule has 4 rings (SSSR count). The molecule has 34 heavy (non-hydrogen) atoms. The van der Waals surface area contributed by atoms with Crippen molar-refractivity contribution >= 4 is 23.3 Å². The van der Waals surface area contributed by atoms with Crippen LogP contribution in [0.2, 0.25) is 0 Å². The zero-order valence-corrected chi connectivity index (χ0v) is 19.4. The Hall–Kier alpha value is -4.13. The van der Waals surface area contributed by atoms with E-state index >= 15 is 0 Å². The van der Waals surface area contributed by atoms with E-state index in [9.17, 15) is 14.7 Å². The van der Waals surface area contributed by atoms with Gasteiger partial charge in [-0.25, -0.2) is 4.98 Å². The van der Waals surface area contributed by atoms with E-state index in [1.807, 2.05) is 53.1 Å². The van der Waals surface area contributed by atoms with Gasteiger partial charge >= 0.3 is 5.97 Å². The van der Waals surface area contributed by atoms with Crippen LogP contribution in [0.15, 0.2) is 72.9 Å². The van der Waals surface area contributed by atoms with Crippen LogP contribution >= 0.6 is 0 Å². The van der Waals surface area contributed by atoms with Crippen LogP contribution in [0.4, 0.5) is 5.82 Å². The first-order valence-electron chi connectivity index (χ1n) is 11.3. The number of amides is 1. The number of aliphatic carboxylic acids is 1. The SMILES string of the molecule is CC(NC(=O)c1cccn2c(NCc3ccccc3)c(-c3ccc(C(C)C)cc3)nc12)C(=O)O. The number of rotatable bonds is 8. The van der Waals surface area contributed by atoms with Crippen molar-refractivity contribution in [2.24, 2.45) is 0 Å². The Morgan fingerprint density at radius 3 is 2.32 bits per heavy atom. The Bertz CT molecular complexity index is 1310. The lowest BCUT2D eigenvalue weighted by atomic mass is 10.0. The summed E-state index contributed by atoms with van der Waals surface area (Å²) in [6.07, 6.45) is 1.85. The molecule has 0 aliphatic carbocycles. The first kappa shape index (κ1) is 23.0. The molecule has 0 saturated carbocycles. The summed E-state index contributed by atoms with van der Waals surface area (Å²) in [5, 5.41) is 15.2. The topological polar surface area (TPSA) is 95.7 Å². The minimum atomic E-state index is -1.10. The number of hydrogen-bond donors (Lipinski definition) is 3. The van der Waals surface area contributed by atoms with Gasteiger partial charge in [0.25, 0.3) is 5.91 Å². The number of carbonyl (C=O) groups is 2. The van der Waals surface area contributed by atoms with E-state index in [-0.39, 0.29) is 0 Å². The number of hydrogen-bond acceptors (Lipinski definition) is 4. The largest absolute Gasteiger partial charge is 0.480 e. The molecule has 7 heteroatoms. The molecule has 0 radical (unpaired) electrons. The van der Waals surface area contributed by atoms with Gasteiger partial charge in [0.2, 0.25) is 0 Å². The normalized spacial score (nSPS) is 12.0. The fourth-order valence-electron chi connectivity index (χ4n) is 3.76. The van der Waals surface area contributed by atoms with Crippen LogP contribution in [0, 0.1) is 0 Å². The zero-order chi connectivity index (χ0) is 24.2. The van der Waals surface area contributed by atoms with Gasteiger partial charge in [-0.1, -0.05) is 68.4 Å². The number of benzene rings is 2. The Morgan fingerprint density at radius 2 is 1.68 bits per heavy atom. The third-order valence-electron chi connectivity index (χ3n) is 5.77. The fraction of sp³-hybridized carbons (Fsp3) is 0.222. The number of carbonyl (C=O) groups excluding carboxylic acids is 1.